The number of esters is 1. The van der Waals surface area contributed by atoms with Crippen LogP contribution < -0.4 is 0 Å². The van der Waals surface area contributed by atoms with Crippen molar-refractivity contribution in [2.45, 2.75) is 38.8 Å². The Labute approximate surface area is 139 Å². The molecule has 1 heterocycles. The Morgan fingerprint density at radius 3 is 2.73 bits per heavy atom. The number of likely N-dealkylation sites (tertiary alicyclic amines) is 1. The monoisotopic (exact) mass is 323 g/mol. The van der Waals surface area contributed by atoms with Gasteiger partial charge in [0.15, 0.2) is 0 Å². The number of benzene rings is 1. The molecule has 0 spiro atoms. The summed E-state index contributed by atoms with van der Waals surface area (Å²) in [5, 5.41) is 0. The molecule has 122 valence electrons. The zero-order chi connectivity index (χ0) is 15.2. The fraction of sp³-hybridized carbons (Fsp3) is 0.500. The van der Waals surface area contributed by atoms with Crippen molar-refractivity contribution >= 4 is 18.4 Å². The maximum absolute atomic E-state index is 12.4. The van der Waals surface area contributed by atoms with E-state index in [-0.39, 0.29) is 30.5 Å². The number of allylic oxidation sites excluding steroid dienone is 1. The van der Waals surface area contributed by atoms with Crippen molar-refractivity contribution in [1.82, 2.24) is 4.90 Å². The first-order valence-corrected chi connectivity index (χ1v) is 7.77. The number of nitrogens with zero attached hydrogens (tertiary/aromatic N) is 1. The Morgan fingerprint density at radius 1 is 1.45 bits per heavy atom. The lowest BCUT2D eigenvalue weighted by atomic mass is 9.95. The molecule has 3 atom stereocenters. The predicted octanol–water partition coefficient (Wildman–Crippen LogP) is 4.00. The van der Waals surface area contributed by atoms with E-state index in [4.69, 9.17) is 4.74 Å². The van der Waals surface area contributed by atoms with Gasteiger partial charge in [0, 0.05) is 6.04 Å². The number of halogens is 1. The first kappa shape index (κ1) is 18.7. The average molecular weight is 324 g/mol. The first-order valence-electron chi connectivity index (χ1n) is 7.77. The topological polar surface area (TPSA) is 29.5 Å². The molecule has 22 heavy (non-hydrogen) atoms. The van der Waals surface area contributed by atoms with Crippen LogP contribution in [-0.2, 0) is 9.53 Å². The molecule has 1 aromatic rings. The van der Waals surface area contributed by atoms with Gasteiger partial charge in [-0.2, -0.15) is 0 Å². The summed E-state index contributed by atoms with van der Waals surface area (Å²) >= 11 is 0. The smallest absolute Gasteiger partial charge is 0.323 e. The van der Waals surface area contributed by atoms with Gasteiger partial charge in [0.1, 0.15) is 6.04 Å². The molecule has 1 aromatic carbocycles. The van der Waals surface area contributed by atoms with Crippen LogP contribution in [0.5, 0.6) is 0 Å². The molecule has 2 rings (SSSR count). The third-order valence-corrected chi connectivity index (χ3v) is 4.34. The van der Waals surface area contributed by atoms with E-state index >= 15 is 0 Å². The van der Waals surface area contributed by atoms with Gasteiger partial charge in [-0.1, -0.05) is 36.4 Å². The number of rotatable bonds is 6. The zero-order valence-electron chi connectivity index (χ0n) is 13.4. The van der Waals surface area contributed by atoms with Gasteiger partial charge in [-0.3, -0.25) is 9.69 Å². The summed E-state index contributed by atoms with van der Waals surface area (Å²) in [5.74, 6) is 0.220. The minimum absolute atomic E-state index is 0. The highest BCUT2D eigenvalue weighted by molar-refractivity contribution is 5.85. The molecule has 0 radical (unpaired) electrons. The van der Waals surface area contributed by atoms with Crippen LogP contribution >= 0.6 is 12.4 Å². The Bertz CT molecular complexity index is 477. The van der Waals surface area contributed by atoms with Crippen molar-refractivity contribution in [2.75, 3.05) is 13.2 Å². The summed E-state index contributed by atoms with van der Waals surface area (Å²) < 4.78 is 5.30. The van der Waals surface area contributed by atoms with Gasteiger partial charge in [0.05, 0.1) is 6.61 Å². The normalized spacial score (nSPS) is 22.6. The van der Waals surface area contributed by atoms with Gasteiger partial charge in [-0.05, 0) is 44.7 Å². The van der Waals surface area contributed by atoms with E-state index in [1.807, 2.05) is 31.2 Å². The van der Waals surface area contributed by atoms with Crippen molar-refractivity contribution in [3.05, 3.63) is 48.6 Å². The molecule has 0 unspecified atom stereocenters. The molecule has 1 aliphatic heterocycles. The van der Waals surface area contributed by atoms with Crippen LogP contribution in [0.4, 0.5) is 0 Å². The summed E-state index contributed by atoms with van der Waals surface area (Å²) in [7, 11) is 0. The summed E-state index contributed by atoms with van der Waals surface area (Å²) in [6.07, 6.45) is 3.79. The van der Waals surface area contributed by atoms with Crippen molar-refractivity contribution in [3.63, 3.8) is 0 Å². The summed E-state index contributed by atoms with van der Waals surface area (Å²) in [5.41, 5.74) is 1.24. The third kappa shape index (κ3) is 4.11. The second-order valence-corrected chi connectivity index (χ2v) is 5.59. The van der Waals surface area contributed by atoms with Crippen molar-refractivity contribution in [2.24, 2.45) is 5.92 Å². The maximum Gasteiger partial charge on any atom is 0.323 e. The molecule has 1 aliphatic rings. The lowest BCUT2D eigenvalue weighted by Gasteiger charge is -2.31. The van der Waals surface area contributed by atoms with Crippen LogP contribution in [-0.4, -0.2) is 30.1 Å². The van der Waals surface area contributed by atoms with Crippen LogP contribution in [0, 0.1) is 5.92 Å². The molecule has 1 saturated heterocycles. The Balaban J connectivity index is 0.00000242. The zero-order valence-corrected chi connectivity index (χ0v) is 14.2. The minimum atomic E-state index is -0.154. The molecule has 0 amide bonds. The van der Waals surface area contributed by atoms with Crippen molar-refractivity contribution in [1.29, 1.82) is 0 Å². The predicted molar refractivity (Wildman–Crippen MR) is 92.2 cm³/mol. The van der Waals surface area contributed by atoms with Crippen LogP contribution in [0.1, 0.15) is 38.3 Å². The highest BCUT2D eigenvalue weighted by Crippen LogP contribution is 2.35. The van der Waals surface area contributed by atoms with E-state index in [2.05, 4.69) is 30.5 Å². The molecule has 4 heteroatoms. The van der Waals surface area contributed by atoms with Gasteiger partial charge in [0.2, 0.25) is 0 Å². The Morgan fingerprint density at radius 2 is 2.14 bits per heavy atom. The lowest BCUT2D eigenvalue weighted by Crippen LogP contribution is -2.42. The van der Waals surface area contributed by atoms with E-state index in [0.29, 0.717) is 12.5 Å². The van der Waals surface area contributed by atoms with Crippen molar-refractivity contribution < 1.29 is 9.53 Å². The van der Waals surface area contributed by atoms with Crippen LogP contribution in [0.25, 0.3) is 0 Å². The van der Waals surface area contributed by atoms with Crippen LogP contribution in [0.15, 0.2) is 43.0 Å². The first-order chi connectivity index (χ1) is 10.2. The molecule has 3 nitrogen and oxygen atoms in total. The van der Waals surface area contributed by atoms with Crippen LogP contribution in [0.2, 0.25) is 0 Å². The quantitative estimate of drug-likeness (QED) is 0.585. The lowest BCUT2D eigenvalue weighted by molar-refractivity contribution is -0.150. The van der Waals surface area contributed by atoms with E-state index in [1.54, 1.807) is 0 Å². The SMILES string of the molecule is C=CC[C@@H]1CCN([C@@H](C)c2ccccc2)[C@@H]1C(=O)OCC.Cl. The van der Waals surface area contributed by atoms with Gasteiger partial charge >= 0.3 is 5.97 Å². The van der Waals surface area contributed by atoms with E-state index in [1.165, 1.54) is 5.56 Å². The van der Waals surface area contributed by atoms with Gasteiger partial charge in [0.25, 0.3) is 0 Å². The molecule has 0 aromatic heterocycles. The number of carbonyl (C=O) groups is 1. The van der Waals surface area contributed by atoms with Crippen molar-refractivity contribution in [3.8, 4) is 0 Å². The largest absolute Gasteiger partial charge is 0.465 e. The van der Waals surface area contributed by atoms with Gasteiger partial charge < -0.3 is 4.74 Å². The average Bonchev–Trinajstić information content (AvgIpc) is 2.92. The minimum Gasteiger partial charge on any atom is -0.465 e. The molecule has 0 bridgehead atoms. The Kier molecular flexibility index (Phi) is 7.63. The highest BCUT2D eigenvalue weighted by Gasteiger charge is 2.41. The number of hydrogen-bond acceptors (Lipinski definition) is 3. The summed E-state index contributed by atoms with van der Waals surface area (Å²) in [4.78, 5) is 14.7. The van der Waals surface area contributed by atoms with Crippen LogP contribution in [0.3, 0.4) is 0 Å². The Hall–Kier alpha value is -1.32. The molecule has 0 aliphatic carbocycles. The van der Waals surface area contributed by atoms with Gasteiger partial charge in [-0.25, -0.2) is 0 Å². The molecular weight excluding hydrogens is 298 g/mol. The maximum atomic E-state index is 12.4. The molecule has 1 fully saturated rings. The highest BCUT2D eigenvalue weighted by atomic mass is 35.5. The summed E-state index contributed by atoms with van der Waals surface area (Å²) in [6, 6.07) is 10.4. The molecule has 0 saturated carbocycles. The van der Waals surface area contributed by atoms with E-state index < -0.39 is 0 Å². The summed E-state index contributed by atoms with van der Waals surface area (Å²) in [6.45, 7) is 9.21. The number of ether oxygens (including phenoxy) is 1. The molecule has 0 N–H and O–H groups in total. The second-order valence-electron chi connectivity index (χ2n) is 5.59. The second kappa shape index (κ2) is 8.96. The van der Waals surface area contributed by atoms with E-state index in [0.717, 1.165) is 19.4 Å². The number of carbonyl (C=O) groups excluding carboxylic acids is 1. The third-order valence-electron chi connectivity index (χ3n) is 4.34. The fourth-order valence-electron chi connectivity index (χ4n) is 3.26. The fourth-order valence-corrected chi connectivity index (χ4v) is 3.26. The standard InChI is InChI=1S/C18H25NO2.ClH/c1-4-9-16-12-13-19(17(16)18(20)21-5-2)14(3)15-10-7-6-8-11-15;/h4,6-8,10-11,14,16-17H,1,5,9,12-13H2,2-3H3;1H/t14-,16+,17-;/m0./s1. The number of hydrogen-bond donors (Lipinski definition) is 0. The van der Waals surface area contributed by atoms with Gasteiger partial charge in [-0.15, -0.1) is 19.0 Å². The van der Waals surface area contributed by atoms with E-state index in [9.17, 15) is 4.79 Å². The molecular formula is C18H26ClNO2.